The van der Waals surface area contributed by atoms with Crippen LogP contribution < -0.4 is 9.47 Å². The van der Waals surface area contributed by atoms with Crippen molar-refractivity contribution in [1.82, 2.24) is 0 Å². The van der Waals surface area contributed by atoms with Gasteiger partial charge in [-0.3, -0.25) is 4.79 Å². The molecule has 102 valence electrons. The van der Waals surface area contributed by atoms with Gasteiger partial charge in [-0.25, -0.2) is 0 Å². The quantitative estimate of drug-likeness (QED) is 0.491. The Kier molecular flexibility index (Phi) is 3.40. The molecule has 4 nitrogen and oxygen atoms in total. The number of Topliss-reactive ketones (excluding diaryl/α,β-unsaturated/α-hetero) is 1. The first-order valence-corrected chi connectivity index (χ1v) is 6.39. The van der Waals surface area contributed by atoms with E-state index in [1.807, 2.05) is 36.4 Å². The fourth-order valence-corrected chi connectivity index (χ4v) is 2.06. The molecule has 2 aromatic rings. The van der Waals surface area contributed by atoms with Crippen molar-refractivity contribution in [2.75, 3.05) is 6.79 Å². The minimum atomic E-state index is -0.334. The smallest absolute Gasteiger partial charge is 0.231 e. The number of ether oxygens (including phenoxy) is 2. The summed E-state index contributed by atoms with van der Waals surface area (Å²) in [5, 5.41) is 9.22. The van der Waals surface area contributed by atoms with Crippen LogP contribution >= 0.6 is 0 Å². The number of benzene rings is 2. The van der Waals surface area contributed by atoms with Gasteiger partial charge in [0.2, 0.25) is 12.6 Å². The number of nitriles is 1. The minimum absolute atomic E-state index is 0.0834. The molecule has 0 bridgehead atoms. The third-order valence-corrected chi connectivity index (χ3v) is 3.11. The SMILES string of the molecule is N#CC(=Cc1ccccc1)C(=O)c1ccc2c(c1)OCO2. The lowest BCUT2D eigenvalue weighted by molar-refractivity contribution is 0.103. The molecule has 0 aliphatic carbocycles. The topological polar surface area (TPSA) is 59.3 Å². The Balaban J connectivity index is 1.93. The zero-order valence-electron chi connectivity index (χ0n) is 11.1. The van der Waals surface area contributed by atoms with Crippen LogP contribution in [0.2, 0.25) is 0 Å². The highest BCUT2D eigenvalue weighted by molar-refractivity contribution is 6.14. The molecule has 0 atom stereocenters. The molecular weight excluding hydrogens is 266 g/mol. The molecule has 2 aromatic carbocycles. The van der Waals surface area contributed by atoms with Crippen LogP contribution in [0.15, 0.2) is 54.1 Å². The van der Waals surface area contributed by atoms with E-state index in [0.717, 1.165) is 5.56 Å². The fraction of sp³-hybridized carbons (Fsp3) is 0.0588. The van der Waals surface area contributed by atoms with Gasteiger partial charge in [0.15, 0.2) is 11.5 Å². The minimum Gasteiger partial charge on any atom is -0.454 e. The van der Waals surface area contributed by atoms with Gasteiger partial charge in [-0.15, -0.1) is 0 Å². The average molecular weight is 277 g/mol. The van der Waals surface area contributed by atoms with Crippen LogP contribution in [0.5, 0.6) is 11.5 Å². The number of allylic oxidation sites excluding steroid dienone is 1. The van der Waals surface area contributed by atoms with E-state index in [4.69, 9.17) is 9.47 Å². The summed E-state index contributed by atoms with van der Waals surface area (Å²) in [5.41, 5.74) is 1.30. The van der Waals surface area contributed by atoms with E-state index in [2.05, 4.69) is 0 Å². The summed E-state index contributed by atoms with van der Waals surface area (Å²) in [4.78, 5) is 12.4. The maximum Gasteiger partial charge on any atom is 0.231 e. The van der Waals surface area contributed by atoms with Gasteiger partial charge in [-0.2, -0.15) is 5.26 Å². The maximum absolute atomic E-state index is 12.4. The van der Waals surface area contributed by atoms with Crippen molar-refractivity contribution in [3.63, 3.8) is 0 Å². The molecule has 0 fully saturated rings. The Labute approximate surface area is 121 Å². The van der Waals surface area contributed by atoms with Crippen molar-refractivity contribution in [3.05, 3.63) is 65.2 Å². The van der Waals surface area contributed by atoms with Gasteiger partial charge >= 0.3 is 0 Å². The summed E-state index contributed by atoms with van der Waals surface area (Å²) in [5.74, 6) is 0.801. The third-order valence-electron chi connectivity index (χ3n) is 3.11. The second kappa shape index (κ2) is 5.51. The first-order chi connectivity index (χ1) is 10.3. The monoisotopic (exact) mass is 277 g/mol. The molecule has 1 heterocycles. The maximum atomic E-state index is 12.4. The number of ketones is 1. The number of nitrogens with zero attached hydrogens (tertiary/aromatic N) is 1. The predicted molar refractivity (Wildman–Crippen MR) is 76.9 cm³/mol. The Morgan fingerprint density at radius 3 is 2.62 bits per heavy atom. The molecule has 3 rings (SSSR count). The number of hydrogen-bond acceptors (Lipinski definition) is 4. The molecule has 4 heteroatoms. The molecule has 1 aliphatic heterocycles. The molecule has 0 radical (unpaired) electrons. The number of hydrogen-bond donors (Lipinski definition) is 0. The molecule has 0 spiro atoms. The van der Waals surface area contributed by atoms with Crippen LogP contribution in [0, 0.1) is 11.3 Å². The lowest BCUT2D eigenvalue weighted by Crippen LogP contribution is -2.01. The zero-order valence-corrected chi connectivity index (χ0v) is 11.1. The largest absolute Gasteiger partial charge is 0.454 e. The second-order valence-corrected chi connectivity index (χ2v) is 4.48. The molecule has 0 amide bonds. The van der Waals surface area contributed by atoms with E-state index < -0.39 is 0 Å². The van der Waals surface area contributed by atoms with Crippen LogP contribution in [-0.4, -0.2) is 12.6 Å². The van der Waals surface area contributed by atoms with Crippen molar-refractivity contribution >= 4 is 11.9 Å². The second-order valence-electron chi connectivity index (χ2n) is 4.48. The van der Waals surface area contributed by atoms with E-state index in [1.54, 1.807) is 24.3 Å². The summed E-state index contributed by atoms with van der Waals surface area (Å²) >= 11 is 0. The van der Waals surface area contributed by atoms with Crippen LogP contribution in [0.3, 0.4) is 0 Å². The van der Waals surface area contributed by atoms with E-state index in [9.17, 15) is 10.1 Å². The van der Waals surface area contributed by atoms with Crippen LogP contribution in [0.1, 0.15) is 15.9 Å². The van der Waals surface area contributed by atoms with Crippen molar-refractivity contribution in [1.29, 1.82) is 5.26 Å². The van der Waals surface area contributed by atoms with Crippen molar-refractivity contribution in [2.45, 2.75) is 0 Å². The van der Waals surface area contributed by atoms with Crippen molar-refractivity contribution < 1.29 is 14.3 Å². The van der Waals surface area contributed by atoms with E-state index >= 15 is 0 Å². The molecular formula is C17H11NO3. The van der Waals surface area contributed by atoms with E-state index in [-0.39, 0.29) is 18.1 Å². The third kappa shape index (κ3) is 2.63. The number of fused-ring (bicyclic) bond motifs is 1. The Morgan fingerprint density at radius 1 is 1.10 bits per heavy atom. The number of carbonyl (C=O) groups excluding carboxylic acids is 1. The summed E-state index contributed by atoms with van der Waals surface area (Å²) in [6.07, 6.45) is 1.58. The average Bonchev–Trinajstić information content (AvgIpc) is 3.00. The van der Waals surface area contributed by atoms with Gasteiger partial charge in [0.1, 0.15) is 11.6 Å². The predicted octanol–water partition coefficient (Wildman–Crippen LogP) is 3.21. The number of carbonyl (C=O) groups is 1. The lowest BCUT2D eigenvalue weighted by atomic mass is 10.0. The zero-order chi connectivity index (χ0) is 14.7. The summed E-state index contributed by atoms with van der Waals surface area (Å²) in [6, 6.07) is 16.1. The summed E-state index contributed by atoms with van der Waals surface area (Å²) in [6.45, 7) is 0.151. The van der Waals surface area contributed by atoms with Crippen LogP contribution in [-0.2, 0) is 0 Å². The van der Waals surface area contributed by atoms with Gasteiger partial charge in [0.25, 0.3) is 0 Å². The molecule has 0 saturated heterocycles. The van der Waals surface area contributed by atoms with Crippen LogP contribution in [0.4, 0.5) is 0 Å². The first kappa shape index (κ1) is 12.9. The lowest BCUT2D eigenvalue weighted by Gasteiger charge is -2.02. The van der Waals surface area contributed by atoms with E-state index in [0.29, 0.717) is 17.1 Å². The van der Waals surface area contributed by atoms with Gasteiger partial charge in [0, 0.05) is 5.56 Å². The fourth-order valence-electron chi connectivity index (χ4n) is 2.06. The Hall–Kier alpha value is -3.06. The van der Waals surface area contributed by atoms with Crippen LogP contribution in [0.25, 0.3) is 6.08 Å². The highest BCUT2D eigenvalue weighted by Crippen LogP contribution is 2.33. The summed E-state index contributed by atoms with van der Waals surface area (Å²) < 4.78 is 10.4. The Bertz CT molecular complexity index is 757. The normalized spacial score (nSPS) is 12.8. The Morgan fingerprint density at radius 2 is 1.86 bits per heavy atom. The van der Waals surface area contributed by atoms with Gasteiger partial charge in [-0.05, 0) is 29.8 Å². The highest BCUT2D eigenvalue weighted by Gasteiger charge is 2.18. The molecule has 0 saturated carbocycles. The van der Waals surface area contributed by atoms with Crippen molar-refractivity contribution in [3.8, 4) is 17.6 Å². The van der Waals surface area contributed by atoms with Gasteiger partial charge in [-0.1, -0.05) is 30.3 Å². The molecule has 0 N–H and O–H groups in total. The molecule has 0 aromatic heterocycles. The van der Waals surface area contributed by atoms with E-state index in [1.165, 1.54) is 0 Å². The highest BCUT2D eigenvalue weighted by atomic mass is 16.7. The standard InChI is InChI=1S/C17H11NO3/c18-10-14(8-12-4-2-1-3-5-12)17(19)13-6-7-15-16(9-13)21-11-20-15/h1-9H,11H2. The molecule has 1 aliphatic rings. The summed E-state index contributed by atoms with van der Waals surface area (Å²) in [7, 11) is 0. The number of rotatable bonds is 3. The van der Waals surface area contributed by atoms with Crippen molar-refractivity contribution in [2.24, 2.45) is 0 Å². The molecule has 21 heavy (non-hydrogen) atoms. The van der Waals surface area contributed by atoms with Gasteiger partial charge < -0.3 is 9.47 Å². The first-order valence-electron chi connectivity index (χ1n) is 6.39. The molecule has 0 unspecified atom stereocenters. The van der Waals surface area contributed by atoms with Gasteiger partial charge in [0.05, 0.1) is 0 Å².